The summed E-state index contributed by atoms with van der Waals surface area (Å²) in [5, 5.41) is 6.55. The van der Waals surface area contributed by atoms with Gasteiger partial charge < -0.3 is 10.6 Å². The first-order chi connectivity index (χ1) is 10.0. The van der Waals surface area contributed by atoms with Gasteiger partial charge in [-0.2, -0.15) is 0 Å². The van der Waals surface area contributed by atoms with Crippen LogP contribution >= 0.6 is 47.8 Å². The van der Waals surface area contributed by atoms with Crippen molar-refractivity contribution in [1.29, 1.82) is 0 Å². The number of rotatable bonds is 2. The van der Waals surface area contributed by atoms with Crippen LogP contribution < -0.4 is 10.6 Å². The van der Waals surface area contributed by atoms with Gasteiger partial charge in [0.15, 0.2) is 0 Å². The topological polar surface area (TPSA) is 41.1 Å². The van der Waals surface area contributed by atoms with Crippen LogP contribution in [0.2, 0.25) is 0 Å². The predicted molar refractivity (Wildman–Crippen MR) is 95.5 cm³/mol. The van der Waals surface area contributed by atoms with Gasteiger partial charge in [-0.3, -0.25) is 4.79 Å². The van der Waals surface area contributed by atoms with E-state index in [0.29, 0.717) is 12.0 Å². The first-order valence-electron chi connectivity index (χ1n) is 7.26. The average Bonchev–Trinajstić information content (AvgIpc) is 2.86. The number of hydrogen-bond donors (Lipinski definition) is 2. The van der Waals surface area contributed by atoms with Crippen LogP contribution in [0.4, 0.5) is 5.69 Å². The molecule has 114 valence electrons. The van der Waals surface area contributed by atoms with E-state index in [0.717, 1.165) is 25.5 Å². The third-order valence-electron chi connectivity index (χ3n) is 4.43. The number of carbonyl (C=O) groups excluding carboxylic acids is 1. The fourth-order valence-corrected chi connectivity index (χ4v) is 5.85. The van der Waals surface area contributed by atoms with Crippen molar-refractivity contribution in [3.63, 3.8) is 0 Å². The highest BCUT2D eigenvalue weighted by Gasteiger charge is 2.38. The van der Waals surface area contributed by atoms with Gasteiger partial charge in [0.2, 0.25) is 5.91 Å². The third-order valence-corrected chi connectivity index (χ3v) is 6.14. The summed E-state index contributed by atoms with van der Waals surface area (Å²) in [4.78, 5) is 12.5. The zero-order valence-corrected chi connectivity index (χ0v) is 16.2. The molecule has 3 nitrogen and oxygen atoms in total. The molecule has 0 spiro atoms. The number of amides is 1. The van der Waals surface area contributed by atoms with E-state index in [1.54, 1.807) is 0 Å². The Bertz CT molecular complexity index is 527. The smallest absolute Gasteiger partial charge is 0.241 e. The minimum Gasteiger partial charge on any atom is -0.323 e. The Balaban J connectivity index is 1.70. The van der Waals surface area contributed by atoms with Gasteiger partial charge in [-0.05, 0) is 69.2 Å². The molecule has 21 heavy (non-hydrogen) atoms. The van der Waals surface area contributed by atoms with Crippen LogP contribution in [0, 0.1) is 5.92 Å². The van der Waals surface area contributed by atoms with Crippen LogP contribution in [0.25, 0.3) is 0 Å². The SMILES string of the molecule is O=C(Nc1c(Br)cc(Br)cc1Br)C1CC2CCCCC2N1. The van der Waals surface area contributed by atoms with E-state index in [9.17, 15) is 4.79 Å². The molecule has 0 aromatic heterocycles. The molecule has 0 bridgehead atoms. The minimum atomic E-state index is -0.0689. The van der Waals surface area contributed by atoms with Gasteiger partial charge in [-0.15, -0.1) is 0 Å². The van der Waals surface area contributed by atoms with Crippen molar-refractivity contribution in [2.45, 2.75) is 44.2 Å². The number of hydrogen-bond acceptors (Lipinski definition) is 2. The summed E-state index contributed by atoms with van der Waals surface area (Å²) >= 11 is 10.4. The largest absolute Gasteiger partial charge is 0.323 e. The standard InChI is InChI=1S/C15H17Br3N2O/c16-9-6-10(17)14(11(18)7-9)20-15(21)13-5-8-3-1-2-4-12(8)19-13/h6-8,12-13,19H,1-5H2,(H,20,21). The number of carbonyl (C=O) groups is 1. The van der Waals surface area contributed by atoms with E-state index >= 15 is 0 Å². The summed E-state index contributed by atoms with van der Waals surface area (Å²) in [5.41, 5.74) is 0.792. The van der Waals surface area contributed by atoms with Gasteiger partial charge in [0.25, 0.3) is 0 Å². The summed E-state index contributed by atoms with van der Waals surface area (Å²) in [5.74, 6) is 0.736. The summed E-state index contributed by atoms with van der Waals surface area (Å²) in [6.45, 7) is 0. The van der Waals surface area contributed by atoms with Crippen molar-refractivity contribution in [3.8, 4) is 0 Å². The second-order valence-electron chi connectivity index (χ2n) is 5.84. The van der Waals surface area contributed by atoms with Crippen LogP contribution in [0.5, 0.6) is 0 Å². The van der Waals surface area contributed by atoms with Gasteiger partial charge >= 0.3 is 0 Å². The molecule has 0 radical (unpaired) electrons. The first kappa shape index (κ1) is 16.0. The molecule has 1 saturated heterocycles. The Kier molecular flexibility index (Phi) is 5.08. The maximum Gasteiger partial charge on any atom is 0.241 e. The van der Waals surface area contributed by atoms with Crippen molar-refractivity contribution in [2.75, 3.05) is 5.32 Å². The minimum absolute atomic E-state index is 0.0631. The fourth-order valence-electron chi connectivity index (χ4n) is 3.39. The average molecular weight is 481 g/mol. The summed E-state index contributed by atoms with van der Waals surface area (Å²) in [7, 11) is 0. The first-order valence-corrected chi connectivity index (χ1v) is 9.64. The fraction of sp³-hybridized carbons (Fsp3) is 0.533. The Labute approximate surface area is 150 Å². The van der Waals surface area contributed by atoms with Crippen molar-refractivity contribution >= 4 is 59.4 Å². The molecule has 1 amide bonds. The highest BCUT2D eigenvalue weighted by atomic mass is 79.9. The zero-order valence-electron chi connectivity index (χ0n) is 11.5. The van der Waals surface area contributed by atoms with Crippen LogP contribution in [-0.4, -0.2) is 18.0 Å². The molecule has 1 aliphatic carbocycles. The van der Waals surface area contributed by atoms with Crippen LogP contribution in [0.15, 0.2) is 25.6 Å². The lowest BCUT2D eigenvalue weighted by atomic mass is 9.85. The number of halogens is 3. The second kappa shape index (κ2) is 6.69. The molecule has 3 rings (SSSR count). The van der Waals surface area contributed by atoms with Gasteiger partial charge in [0.1, 0.15) is 0 Å². The Morgan fingerprint density at radius 3 is 2.48 bits per heavy atom. The van der Waals surface area contributed by atoms with E-state index < -0.39 is 0 Å². The summed E-state index contributed by atoms with van der Waals surface area (Å²) < 4.78 is 2.70. The number of benzene rings is 1. The van der Waals surface area contributed by atoms with E-state index in [1.165, 1.54) is 25.7 Å². The van der Waals surface area contributed by atoms with Crippen molar-refractivity contribution in [1.82, 2.24) is 5.32 Å². The number of nitrogens with one attached hydrogen (secondary N) is 2. The van der Waals surface area contributed by atoms with Gasteiger partial charge in [-0.25, -0.2) is 0 Å². The lowest BCUT2D eigenvalue weighted by Crippen LogP contribution is -2.40. The van der Waals surface area contributed by atoms with Crippen LogP contribution in [0.1, 0.15) is 32.1 Å². The highest BCUT2D eigenvalue weighted by molar-refractivity contribution is 9.11. The number of anilines is 1. The Morgan fingerprint density at radius 2 is 1.81 bits per heavy atom. The predicted octanol–water partition coefficient (Wildman–Crippen LogP) is 4.83. The zero-order chi connectivity index (χ0) is 15.0. The van der Waals surface area contributed by atoms with E-state index in [2.05, 4.69) is 58.4 Å². The van der Waals surface area contributed by atoms with Crippen LogP contribution in [-0.2, 0) is 4.79 Å². The molecule has 1 heterocycles. The molecule has 6 heteroatoms. The van der Waals surface area contributed by atoms with Crippen molar-refractivity contribution in [2.24, 2.45) is 5.92 Å². The molecule has 3 atom stereocenters. The van der Waals surface area contributed by atoms with Gasteiger partial charge in [-0.1, -0.05) is 28.8 Å². The molecular formula is C15H17Br3N2O. The maximum absolute atomic E-state index is 12.5. The molecule has 2 fully saturated rings. The Hall–Kier alpha value is 0.0900. The van der Waals surface area contributed by atoms with E-state index in [1.807, 2.05) is 12.1 Å². The summed E-state index contributed by atoms with van der Waals surface area (Å²) in [6.07, 6.45) is 6.02. The van der Waals surface area contributed by atoms with Gasteiger partial charge in [0.05, 0.1) is 11.7 Å². The molecule has 2 N–H and O–H groups in total. The van der Waals surface area contributed by atoms with Crippen molar-refractivity contribution in [3.05, 3.63) is 25.6 Å². The van der Waals surface area contributed by atoms with E-state index in [-0.39, 0.29) is 11.9 Å². The quantitative estimate of drug-likeness (QED) is 0.636. The molecule has 1 saturated carbocycles. The third kappa shape index (κ3) is 3.54. The normalized spacial score (nSPS) is 28.2. The van der Waals surface area contributed by atoms with Gasteiger partial charge in [0, 0.05) is 19.5 Å². The lowest BCUT2D eigenvalue weighted by Gasteiger charge is -2.24. The lowest BCUT2D eigenvalue weighted by molar-refractivity contribution is -0.117. The molecule has 2 aliphatic rings. The van der Waals surface area contributed by atoms with Crippen LogP contribution in [0.3, 0.4) is 0 Å². The molecule has 1 aliphatic heterocycles. The highest BCUT2D eigenvalue weighted by Crippen LogP contribution is 2.36. The molecule has 1 aromatic rings. The monoisotopic (exact) mass is 478 g/mol. The summed E-state index contributed by atoms with van der Waals surface area (Å²) in [6, 6.07) is 4.33. The number of fused-ring (bicyclic) bond motifs is 1. The Morgan fingerprint density at radius 1 is 1.14 bits per heavy atom. The maximum atomic E-state index is 12.5. The van der Waals surface area contributed by atoms with Crippen molar-refractivity contribution < 1.29 is 4.79 Å². The molecular weight excluding hydrogens is 464 g/mol. The molecule has 3 unspecified atom stereocenters. The second-order valence-corrected chi connectivity index (χ2v) is 8.46. The molecule has 1 aromatic carbocycles. The van der Waals surface area contributed by atoms with E-state index in [4.69, 9.17) is 0 Å².